The zero-order chi connectivity index (χ0) is 15.5. The van der Waals surface area contributed by atoms with E-state index in [1.54, 1.807) is 31.2 Å². The molecule has 0 unspecified atom stereocenters. The van der Waals surface area contributed by atoms with Crippen LogP contribution < -0.4 is 9.47 Å². The van der Waals surface area contributed by atoms with Crippen molar-refractivity contribution in [2.45, 2.75) is 13.0 Å². The molecule has 1 heterocycles. The molecule has 0 saturated heterocycles. The lowest BCUT2D eigenvalue weighted by atomic mass is 10.1. The number of benzene rings is 2. The lowest BCUT2D eigenvalue weighted by Crippen LogP contribution is -2.16. The van der Waals surface area contributed by atoms with Crippen LogP contribution in [-0.2, 0) is 4.74 Å². The molecule has 0 radical (unpaired) electrons. The van der Waals surface area contributed by atoms with Gasteiger partial charge in [0.15, 0.2) is 11.5 Å². The summed E-state index contributed by atoms with van der Waals surface area (Å²) >= 11 is 6.12. The lowest BCUT2D eigenvalue weighted by Gasteiger charge is -2.19. The van der Waals surface area contributed by atoms with E-state index in [1.165, 1.54) is 0 Å². The summed E-state index contributed by atoms with van der Waals surface area (Å²) < 4.78 is 16.4. The van der Waals surface area contributed by atoms with Crippen LogP contribution in [0.15, 0.2) is 42.5 Å². The molecule has 0 saturated carbocycles. The summed E-state index contributed by atoms with van der Waals surface area (Å²) in [5.41, 5.74) is 1.19. The number of esters is 1. The molecule has 1 atom stereocenters. The van der Waals surface area contributed by atoms with Crippen LogP contribution in [0.5, 0.6) is 11.5 Å². The molecule has 22 heavy (non-hydrogen) atoms. The van der Waals surface area contributed by atoms with E-state index < -0.39 is 12.1 Å². The van der Waals surface area contributed by atoms with Crippen molar-refractivity contribution in [2.24, 2.45) is 0 Å². The number of rotatable bonds is 3. The Kier molecular flexibility index (Phi) is 4.20. The van der Waals surface area contributed by atoms with Crippen LogP contribution in [0.4, 0.5) is 0 Å². The van der Waals surface area contributed by atoms with Gasteiger partial charge in [-0.1, -0.05) is 29.8 Å². The van der Waals surface area contributed by atoms with E-state index in [9.17, 15) is 4.79 Å². The fourth-order valence-corrected chi connectivity index (χ4v) is 2.56. The Morgan fingerprint density at radius 3 is 2.64 bits per heavy atom. The number of ether oxygens (including phenoxy) is 3. The summed E-state index contributed by atoms with van der Waals surface area (Å²) in [6.45, 7) is 2.78. The summed E-state index contributed by atoms with van der Waals surface area (Å²) in [4.78, 5) is 12.3. The highest BCUT2D eigenvalue weighted by molar-refractivity contribution is 6.31. The Balaban J connectivity index is 1.76. The number of halogens is 1. The van der Waals surface area contributed by atoms with E-state index in [0.717, 1.165) is 5.56 Å². The first kappa shape index (κ1) is 14.7. The van der Waals surface area contributed by atoms with Crippen molar-refractivity contribution in [3.8, 4) is 11.5 Å². The van der Waals surface area contributed by atoms with Crippen LogP contribution in [-0.4, -0.2) is 19.2 Å². The molecule has 0 amide bonds. The van der Waals surface area contributed by atoms with Gasteiger partial charge in [-0.25, -0.2) is 4.79 Å². The largest absolute Gasteiger partial charge is 0.486 e. The van der Waals surface area contributed by atoms with E-state index in [0.29, 0.717) is 35.3 Å². The van der Waals surface area contributed by atoms with Gasteiger partial charge in [-0.2, -0.15) is 0 Å². The average Bonchev–Trinajstić information content (AvgIpc) is 2.54. The summed E-state index contributed by atoms with van der Waals surface area (Å²) in [5.74, 6) is 0.775. The number of hydrogen-bond acceptors (Lipinski definition) is 4. The molecule has 0 aliphatic carbocycles. The van der Waals surface area contributed by atoms with Gasteiger partial charge in [0.25, 0.3) is 0 Å². The second-order valence-electron chi connectivity index (χ2n) is 4.93. The number of hydrogen-bond donors (Lipinski definition) is 0. The molecular weight excluding hydrogens is 304 g/mol. The predicted octanol–water partition coefficient (Wildman–Crippen LogP) is 4.03. The van der Waals surface area contributed by atoms with Crippen LogP contribution >= 0.6 is 11.6 Å². The van der Waals surface area contributed by atoms with Crippen molar-refractivity contribution in [3.05, 3.63) is 58.6 Å². The summed E-state index contributed by atoms with van der Waals surface area (Å²) in [6, 6.07) is 12.3. The van der Waals surface area contributed by atoms with E-state index in [-0.39, 0.29) is 0 Å². The van der Waals surface area contributed by atoms with Crippen molar-refractivity contribution < 1.29 is 19.0 Å². The Morgan fingerprint density at radius 1 is 1.14 bits per heavy atom. The molecule has 2 aromatic rings. The molecule has 0 aromatic heterocycles. The molecule has 4 nitrogen and oxygen atoms in total. The number of carbonyl (C=O) groups excluding carboxylic acids is 1. The van der Waals surface area contributed by atoms with Gasteiger partial charge < -0.3 is 14.2 Å². The maximum atomic E-state index is 12.3. The van der Waals surface area contributed by atoms with Crippen LogP contribution in [0.1, 0.15) is 28.9 Å². The summed E-state index contributed by atoms with van der Waals surface area (Å²) in [7, 11) is 0. The minimum absolute atomic E-state index is 0.420. The maximum Gasteiger partial charge on any atom is 0.338 e. The third kappa shape index (κ3) is 3.02. The third-order valence-corrected chi connectivity index (χ3v) is 3.75. The smallest absolute Gasteiger partial charge is 0.338 e. The number of fused-ring (bicyclic) bond motifs is 1. The Labute approximate surface area is 133 Å². The molecule has 114 valence electrons. The SMILES string of the molecule is C[C@H](OC(=O)c1ccc2c(c1)OCCO2)c1ccccc1Cl. The fraction of sp³-hybridized carbons (Fsp3) is 0.235. The highest BCUT2D eigenvalue weighted by Gasteiger charge is 2.19. The molecule has 5 heteroatoms. The normalized spacial score (nSPS) is 14.3. The molecular formula is C17H15ClO4. The Bertz CT molecular complexity index is 699. The molecule has 0 fully saturated rings. The van der Waals surface area contributed by atoms with Gasteiger partial charge in [-0.3, -0.25) is 0 Å². The maximum absolute atomic E-state index is 12.3. The Hall–Kier alpha value is -2.20. The van der Waals surface area contributed by atoms with Gasteiger partial charge in [0.1, 0.15) is 19.3 Å². The second-order valence-corrected chi connectivity index (χ2v) is 5.33. The summed E-state index contributed by atoms with van der Waals surface area (Å²) in [6.07, 6.45) is -0.436. The van der Waals surface area contributed by atoms with Gasteiger partial charge in [-0.15, -0.1) is 0 Å². The topological polar surface area (TPSA) is 44.8 Å². The third-order valence-electron chi connectivity index (χ3n) is 3.40. The van der Waals surface area contributed by atoms with Gasteiger partial charge >= 0.3 is 5.97 Å². The van der Waals surface area contributed by atoms with Gasteiger partial charge in [0.2, 0.25) is 0 Å². The van der Waals surface area contributed by atoms with Crippen molar-refractivity contribution >= 4 is 17.6 Å². The van der Waals surface area contributed by atoms with Crippen LogP contribution in [0.2, 0.25) is 5.02 Å². The monoisotopic (exact) mass is 318 g/mol. The standard InChI is InChI=1S/C17H15ClO4/c1-11(13-4-2-3-5-14(13)18)22-17(19)12-6-7-15-16(10-12)21-9-8-20-15/h2-7,10-11H,8-9H2,1H3/t11-/m0/s1. The van der Waals surface area contributed by atoms with Gasteiger partial charge in [-0.05, 0) is 31.2 Å². The molecule has 0 N–H and O–H groups in total. The first-order valence-corrected chi connectivity index (χ1v) is 7.38. The van der Waals surface area contributed by atoms with Crippen LogP contribution in [0, 0.1) is 0 Å². The fourth-order valence-electron chi connectivity index (χ4n) is 2.27. The van der Waals surface area contributed by atoms with Crippen LogP contribution in [0.25, 0.3) is 0 Å². The van der Waals surface area contributed by atoms with Crippen molar-refractivity contribution in [2.75, 3.05) is 13.2 Å². The zero-order valence-corrected chi connectivity index (χ0v) is 12.8. The summed E-state index contributed by atoms with van der Waals surface area (Å²) in [5, 5.41) is 0.574. The van der Waals surface area contributed by atoms with E-state index in [1.807, 2.05) is 18.2 Å². The lowest BCUT2D eigenvalue weighted by molar-refractivity contribution is 0.0337. The van der Waals surface area contributed by atoms with Crippen molar-refractivity contribution in [1.29, 1.82) is 0 Å². The molecule has 1 aliphatic heterocycles. The van der Waals surface area contributed by atoms with E-state index >= 15 is 0 Å². The van der Waals surface area contributed by atoms with Gasteiger partial charge in [0.05, 0.1) is 5.56 Å². The van der Waals surface area contributed by atoms with E-state index in [4.69, 9.17) is 25.8 Å². The number of carbonyl (C=O) groups is 1. The Morgan fingerprint density at radius 2 is 1.86 bits per heavy atom. The van der Waals surface area contributed by atoms with Crippen molar-refractivity contribution in [1.82, 2.24) is 0 Å². The quantitative estimate of drug-likeness (QED) is 0.802. The molecule has 2 aromatic carbocycles. The molecule has 0 spiro atoms. The van der Waals surface area contributed by atoms with Gasteiger partial charge in [0, 0.05) is 10.6 Å². The van der Waals surface area contributed by atoms with Crippen LogP contribution in [0.3, 0.4) is 0 Å². The minimum atomic E-state index is -0.436. The molecule has 3 rings (SSSR count). The highest BCUT2D eigenvalue weighted by Crippen LogP contribution is 2.32. The minimum Gasteiger partial charge on any atom is -0.486 e. The second kappa shape index (κ2) is 6.28. The predicted molar refractivity (Wildman–Crippen MR) is 82.7 cm³/mol. The molecule has 0 bridgehead atoms. The molecule has 1 aliphatic rings. The van der Waals surface area contributed by atoms with E-state index in [2.05, 4.69) is 0 Å². The highest BCUT2D eigenvalue weighted by atomic mass is 35.5. The van der Waals surface area contributed by atoms with Crippen molar-refractivity contribution in [3.63, 3.8) is 0 Å². The average molecular weight is 319 g/mol. The first-order valence-electron chi connectivity index (χ1n) is 7.00. The zero-order valence-electron chi connectivity index (χ0n) is 12.0. The first-order chi connectivity index (χ1) is 10.6.